The number of piperidine rings is 1. The normalized spacial score (nSPS) is 22.9. The molecule has 0 aromatic heterocycles. The number of benzene rings is 1. The van der Waals surface area contributed by atoms with E-state index in [1.54, 1.807) is 0 Å². The number of morpholine rings is 1. The summed E-state index contributed by atoms with van der Waals surface area (Å²) in [5, 5.41) is 0.0461. The highest BCUT2D eigenvalue weighted by Crippen LogP contribution is 2.36. The molecule has 13 heteroatoms. The van der Waals surface area contributed by atoms with Gasteiger partial charge in [-0.25, -0.2) is 8.42 Å². The second-order valence-electron chi connectivity index (χ2n) is 10.0. The molecule has 1 atom stereocenters. The number of rotatable bonds is 9. The lowest BCUT2D eigenvalue weighted by molar-refractivity contribution is -0.137. The minimum Gasteiger partial charge on any atom is -0.378 e. The van der Waals surface area contributed by atoms with Crippen LogP contribution in [0.5, 0.6) is 0 Å². The fourth-order valence-electron chi connectivity index (χ4n) is 5.20. The molecule has 1 aromatic rings. The van der Waals surface area contributed by atoms with Crippen molar-refractivity contribution in [1.82, 2.24) is 19.0 Å². The van der Waals surface area contributed by atoms with Crippen LogP contribution in [0.2, 0.25) is 15.1 Å². The lowest BCUT2D eigenvalue weighted by atomic mass is 10.1. The summed E-state index contributed by atoms with van der Waals surface area (Å²) in [5.74, 6) is -0.0819. The summed E-state index contributed by atoms with van der Waals surface area (Å²) >= 11 is 18.3. The van der Waals surface area contributed by atoms with Gasteiger partial charge in [0.25, 0.3) is 0 Å². The molecule has 38 heavy (non-hydrogen) atoms. The molecule has 3 aliphatic heterocycles. The van der Waals surface area contributed by atoms with Gasteiger partial charge >= 0.3 is 0 Å². The van der Waals surface area contributed by atoms with Crippen molar-refractivity contribution in [2.24, 2.45) is 0 Å². The molecule has 0 saturated carbocycles. The molecule has 0 unspecified atom stereocenters. The molecule has 3 heterocycles. The summed E-state index contributed by atoms with van der Waals surface area (Å²) < 4.78 is 39.3. The molecule has 0 aliphatic carbocycles. The molecule has 0 radical (unpaired) electrons. The van der Waals surface area contributed by atoms with Gasteiger partial charge in [-0.15, -0.1) is 0 Å². The minimum absolute atomic E-state index is 0.0106. The standard InChI is InChI=1S/C25H37Cl3N4O5S/c26-21-5-6-22(25(28)24(21)27)38(34,35)32-15-16-36-17-20(32)18-37-19-23(33)31-10-4-9-30(13-14-31)12-11-29-7-2-1-3-8-29/h5-6,20H,1-4,7-19H2/t20-/m0/s1. The van der Waals surface area contributed by atoms with E-state index in [9.17, 15) is 13.2 Å². The predicted molar refractivity (Wildman–Crippen MR) is 149 cm³/mol. The van der Waals surface area contributed by atoms with Crippen molar-refractivity contribution in [3.63, 3.8) is 0 Å². The van der Waals surface area contributed by atoms with Crippen molar-refractivity contribution in [3.05, 3.63) is 27.2 Å². The molecule has 3 fully saturated rings. The molecule has 0 spiro atoms. The lowest BCUT2D eigenvalue weighted by Gasteiger charge is -2.34. The fraction of sp³-hybridized carbons (Fsp3) is 0.720. The van der Waals surface area contributed by atoms with E-state index in [2.05, 4.69) is 9.80 Å². The zero-order valence-electron chi connectivity index (χ0n) is 21.6. The predicted octanol–water partition coefficient (Wildman–Crippen LogP) is 3.07. The Balaban J connectivity index is 1.26. The van der Waals surface area contributed by atoms with E-state index in [-0.39, 0.29) is 58.8 Å². The number of ether oxygens (including phenoxy) is 2. The Morgan fingerprint density at radius 3 is 2.37 bits per heavy atom. The fourth-order valence-corrected chi connectivity index (χ4v) is 7.74. The summed E-state index contributed by atoms with van der Waals surface area (Å²) in [5.41, 5.74) is 0. The van der Waals surface area contributed by atoms with Crippen molar-refractivity contribution in [3.8, 4) is 0 Å². The Hall–Kier alpha value is -0.690. The molecule has 0 bridgehead atoms. The Morgan fingerprint density at radius 2 is 1.61 bits per heavy atom. The van der Waals surface area contributed by atoms with Crippen LogP contribution in [0.25, 0.3) is 0 Å². The molecule has 0 N–H and O–H groups in total. The van der Waals surface area contributed by atoms with Gasteiger partial charge in [0.2, 0.25) is 15.9 Å². The maximum atomic E-state index is 13.4. The SMILES string of the molecule is O=C(COC[C@@H]1COCCN1S(=O)(=O)c1ccc(Cl)c(Cl)c1Cl)N1CCCN(CCN2CCCCC2)CC1. The van der Waals surface area contributed by atoms with Gasteiger partial charge in [-0.1, -0.05) is 41.2 Å². The zero-order chi connectivity index (χ0) is 27.1. The smallest absolute Gasteiger partial charge is 0.248 e. The Morgan fingerprint density at radius 1 is 0.895 bits per heavy atom. The van der Waals surface area contributed by atoms with Crippen molar-refractivity contribution in [1.29, 1.82) is 0 Å². The van der Waals surface area contributed by atoms with Gasteiger partial charge in [0.1, 0.15) is 11.5 Å². The molecular weight excluding hydrogens is 575 g/mol. The van der Waals surface area contributed by atoms with Crippen molar-refractivity contribution in [2.75, 3.05) is 85.3 Å². The van der Waals surface area contributed by atoms with Crippen LogP contribution in [-0.4, -0.2) is 125 Å². The van der Waals surface area contributed by atoms with Crippen LogP contribution >= 0.6 is 34.8 Å². The lowest BCUT2D eigenvalue weighted by Crippen LogP contribution is -2.51. The average molecular weight is 612 g/mol. The molecule has 214 valence electrons. The number of likely N-dealkylation sites (tertiary alicyclic amines) is 1. The Kier molecular flexibility index (Phi) is 11.4. The van der Waals surface area contributed by atoms with Crippen LogP contribution in [0.3, 0.4) is 0 Å². The maximum Gasteiger partial charge on any atom is 0.248 e. The van der Waals surface area contributed by atoms with Gasteiger partial charge in [0.05, 0.1) is 40.9 Å². The first-order valence-corrected chi connectivity index (χ1v) is 15.9. The van der Waals surface area contributed by atoms with Crippen molar-refractivity contribution < 1.29 is 22.7 Å². The van der Waals surface area contributed by atoms with Crippen LogP contribution < -0.4 is 0 Å². The van der Waals surface area contributed by atoms with E-state index < -0.39 is 16.1 Å². The largest absolute Gasteiger partial charge is 0.378 e. The third kappa shape index (κ3) is 7.73. The van der Waals surface area contributed by atoms with Gasteiger partial charge in [0.15, 0.2) is 0 Å². The van der Waals surface area contributed by atoms with Crippen molar-refractivity contribution in [2.45, 2.75) is 36.6 Å². The maximum absolute atomic E-state index is 13.4. The number of carbonyl (C=O) groups excluding carboxylic acids is 1. The van der Waals surface area contributed by atoms with Gasteiger partial charge in [-0.05, 0) is 51.0 Å². The van der Waals surface area contributed by atoms with E-state index in [0.29, 0.717) is 13.1 Å². The van der Waals surface area contributed by atoms with Gasteiger partial charge in [-0.3, -0.25) is 4.79 Å². The van der Waals surface area contributed by atoms with Gasteiger partial charge in [-0.2, -0.15) is 4.31 Å². The summed E-state index contributed by atoms with van der Waals surface area (Å²) in [6.07, 6.45) is 4.86. The molecule has 3 saturated heterocycles. The number of sulfonamides is 1. The van der Waals surface area contributed by atoms with Crippen LogP contribution in [0.4, 0.5) is 0 Å². The highest BCUT2D eigenvalue weighted by molar-refractivity contribution is 7.89. The molecule has 4 rings (SSSR count). The Bertz CT molecular complexity index is 1060. The topological polar surface area (TPSA) is 82.6 Å². The monoisotopic (exact) mass is 610 g/mol. The molecule has 1 aromatic carbocycles. The van der Waals surface area contributed by atoms with E-state index in [4.69, 9.17) is 44.3 Å². The van der Waals surface area contributed by atoms with Gasteiger partial charge < -0.3 is 24.2 Å². The highest BCUT2D eigenvalue weighted by atomic mass is 35.5. The highest BCUT2D eigenvalue weighted by Gasteiger charge is 2.36. The summed E-state index contributed by atoms with van der Waals surface area (Å²) in [6.45, 7) is 8.19. The van der Waals surface area contributed by atoms with Gasteiger partial charge in [0, 0.05) is 39.3 Å². The number of hydrogen-bond acceptors (Lipinski definition) is 7. The van der Waals surface area contributed by atoms with Crippen LogP contribution in [0.15, 0.2) is 17.0 Å². The molecule has 3 aliphatic rings. The van der Waals surface area contributed by atoms with E-state index >= 15 is 0 Å². The first kappa shape index (κ1) is 30.3. The minimum atomic E-state index is -3.98. The third-order valence-corrected chi connectivity index (χ3v) is 10.8. The van der Waals surface area contributed by atoms with Crippen molar-refractivity contribution >= 4 is 50.7 Å². The van der Waals surface area contributed by atoms with Crippen LogP contribution in [0.1, 0.15) is 25.7 Å². The number of carbonyl (C=O) groups is 1. The summed E-state index contributed by atoms with van der Waals surface area (Å²) in [6, 6.07) is 2.16. The van der Waals surface area contributed by atoms with E-state index in [0.717, 1.165) is 32.6 Å². The van der Waals surface area contributed by atoms with E-state index in [1.165, 1.54) is 48.8 Å². The quantitative estimate of drug-likeness (QED) is 0.397. The van der Waals surface area contributed by atoms with Crippen LogP contribution in [-0.2, 0) is 24.3 Å². The number of halogens is 3. The second-order valence-corrected chi connectivity index (χ2v) is 13.0. The Labute approximate surface area is 240 Å². The van der Waals surface area contributed by atoms with E-state index in [1.807, 2.05) is 4.90 Å². The second kappa shape index (κ2) is 14.3. The first-order chi connectivity index (χ1) is 18.3. The summed E-state index contributed by atoms with van der Waals surface area (Å²) in [4.78, 5) is 19.6. The molecule has 1 amide bonds. The molecular formula is C25H37Cl3N4O5S. The first-order valence-electron chi connectivity index (χ1n) is 13.3. The molecule has 9 nitrogen and oxygen atoms in total. The number of hydrogen-bond donors (Lipinski definition) is 0. The third-order valence-electron chi connectivity index (χ3n) is 7.42. The summed E-state index contributed by atoms with van der Waals surface area (Å²) in [7, 11) is -3.98. The van der Waals surface area contributed by atoms with Crippen LogP contribution in [0, 0.1) is 0 Å². The number of amides is 1. The average Bonchev–Trinajstić information content (AvgIpc) is 3.17. The number of nitrogens with zero attached hydrogens (tertiary/aromatic N) is 4. The zero-order valence-corrected chi connectivity index (χ0v) is 24.7.